The number of aliphatic hydroxyl groups is 1. The van der Waals surface area contributed by atoms with Gasteiger partial charge in [0, 0.05) is 26.1 Å². The smallest absolute Gasteiger partial charge is 0.243 e. The number of nitrogens with two attached hydrogens (primary N) is 1. The van der Waals surface area contributed by atoms with Crippen molar-refractivity contribution in [2.75, 3.05) is 31.1 Å². The molecule has 1 atom stereocenters. The van der Waals surface area contributed by atoms with Crippen molar-refractivity contribution in [2.24, 2.45) is 5.84 Å². The Hall–Kier alpha value is -2.30. The van der Waals surface area contributed by atoms with E-state index in [0.29, 0.717) is 24.9 Å². The SMILES string of the molecule is COCC(CCO)Nc1nc(NN)nc(-n2ccnc2)n1. The van der Waals surface area contributed by atoms with Gasteiger partial charge in [-0.15, -0.1) is 0 Å². The van der Waals surface area contributed by atoms with E-state index in [0.717, 1.165) is 0 Å². The molecule has 2 rings (SSSR count). The summed E-state index contributed by atoms with van der Waals surface area (Å²) in [4.78, 5) is 16.5. The van der Waals surface area contributed by atoms with Gasteiger partial charge in [0.05, 0.1) is 12.6 Å². The number of hydrazine groups is 1. The first-order chi connectivity index (χ1) is 10.3. The number of ether oxygens (including phenoxy) is 1. The topological polar surface area (TPSA) is 136 Å². The molecule has 0 bridgehead atoms. The summed E-state index contributed by atoms with van der Waals surface area (Å²) in [6.07, 6.45) is 5.40. The van der Waals surface area contributed by atoms with Gasteiger partial charge in [-0.2, -0.15) is 15.0 Å². The maximum Gasteiger partial charge on any atom is 0.243 e. The Kier molecular flexibility index (Phi) is 5.37. The molecule has 0 aromatic carbocycles. The zero-order valence-corrected chi connectivity index (χ0v) is 11.6. The number of methoxy groups -OCH3 is 1. The number of hydrogen-bond acceptors (Lipinski definition) is 9. The molecule has 5 N–H and O–H groups in total. The van der Waals surface area contributed by atoms with Crippen molar-refractivity contribution >= 4 is 11.9 Å². The zero-order chi connectivity index (χ0) is 15.1. The fourth-order valence-corrected chi connectivity index (χ4v) is 1.72. The highest BCUT2D eigenvalue weighted by Gasteiger charge is 2.12. The Morgan fingerprint density at radius 3 is 2.81 bits per heavy atom. The number of rotatable bonds is 8. The van der Waals surface area contributed by atoms with Gasteiger partial charge < -0.3 is 15.2 Å². The molecule has 0 fully saturated rings. The minimum atomic E-state index is -0.122. The highest BCUT2D eigenvalue weighted by molar-refractivity contribution is 5.37. The molecule has 2 heterocycles. The van der Waals surface area contributed by atoms with Gasteiger partial charge in [0.25, 0.3) is 0 Å². The van der Waals surface area contributed by atoms with Crippen molar-refractivity contribution in [3.05, 3.63) is 18.7 Å². The summed E-state index contributed by atoms with van der Waals surface area (Å²) in [5.41, 5.74) is 2.39. The fraction of sp³-hybridized carbons (Fsp3) is 0.455. The first-order valence-electron chi connectivity index (χ1n) is 6.34. The Bertz CT molecular complexity index is 541. The fourth-order valence-electron chi connectivity index (χ4n) is 1.72. The molecule has 0 amide bonds. The second-order valence-corrected chi connectivity index (χ2v) is 4.21. The van der Waals surface area contributed by atoms with Crippen LogP contribution in [0.1, 0.15) is 6.42 Å². The Morgan fingerprint density at radius 1 is 1.38 bits per heavy atom. The summed E-state index contributed by atoms with van der Waals surface area (Å²) in [5.74, 6) is 6.29. The number of nitrogens with zero attached hydrogens (tertiary/aromatic N) is 5. The number of nitrogens with one attached hydrogen (secondary N) is 2. The summed E-state index contributed by atoms with van der Waals surface area (Å²) in [7, 11) is 1.59. The molecule has 10 nitrogen and oxygen atoms in total. The average molecular weight is 294 g/mol. The minimum Gasteiger partial charge on any atom is -0.396 e. The first-order valence-corrected chi connectivity index (χ1v) is 6.34. The molecule has 0 spiro atoms. The van der Waals surface area contributed by atoms with Crippen LogP contribution in [0.4, 0.5) is 11.9 Å². The van der Waals surface area contributed by atoms with Gasteiger partial charge in [-0.05, 0) is 6.42 Å². The lowest BCUT2D eigenvalue weighted by molar-refractivity contribution is 0.170. The number of aromatic nitrogens is 5. The van der Waals surface area contributed by atoms with Gasteiger partial charge in [0.2, 0.25) is 17.8 Å². The van der Waals surface area contributed by atoms with Gasteiger partial charge in [0.1, 0.15) is 6.33 Å². The molecule has 0 saturated heterocycles. The van der Waals surface area contributed by atoms with Gasteiger partial charge >= 0.3 is 0 Å². The predicted octanol–water partition coefficient (Wildman–Crippen LogP) is -0.848. The first kappa shape index (κ1) is 15.1. The van der Waals surface area contributed by atoms with E-state index in [4.69, 9.17) is 15.7 Å². The molecule has 0 aliphatic heterocycles. The molecule has 0 aliphatic rings. The largest absolute Gasteiger partial charge is 0.396 e. The standard InChI is InChI=1S/C11H18N8O2/c1-21-6-8(2-5-20)14-9-15-10(18-12)17-11(16-9)19-4-3-13-7-19/h3-4,7-8,20H,2,5-6,12H2,1H3,(H2,14,15,16,17,18). The summed E-state index contributed by atoms with van der Waals surface area (Å²) in [5, 5.41) is 12.1. The lowest BCUT2D eigenvalue weighted by atomic mass is 10.2. The lowest BCUT2D eigenvalue weighted by Gasteiger charge is -2.17. The molecular formula is C11H18N8O2. The maximum absolute atomic E-state index is 9.05. The molecular weight excluding hydrogens is 276 g/mol. The van der Waals surface area contributed by atoms with Crippen LogP contribution in [0.15, 0.2) is 18.7 Å². The second kappa shape index (κ2) is 7.47. The summed E-state index contributed by atoms with van der Waals surface area (Å²) >= 11 is 0. The van der Waals surface area contributed by atoms with Crippen molar-refractivity contribution in [2.45, 2.75) is 12.5 Å². The third-order valence-corrected chi connectivity index (χ3v) is 2.67. The third kappa shape index (κ3) is 4.08. The molecule has 0 aliphatic carbocycles. The Morgan fingerprint density at radius 2 is 2.19 bits per heavy atom. The van der Waals surface area contributed by atoms with Crippen molar-refractivity contribution in [3.63, 3.8) is 0 Å². The van der Waals surface area contributed by atoms with E-state index < -0.39 is 0 Å². The minimum absolute atomic E-state index is 0.0302. The molecule has 2 aromatic heterocycles. The lowest BCUT2D eigenvalue weighted by Crippen LogP contribution is -2.28. The normalized spacial score (nSPS) is 12.1. The second-order valence-electron chi connectivity index (χ2n) is 4.21. The monoisotopic (exact) mass is 294 g/mol. The number of aliphatic hydroxyl groups excluding tert-OH is 1. The van der Waals surface area contributed by atoms with Gasteiger partial charge in [-0.3, -0.25) is 9.99 Å². The van der Waals surface area contributed by atoms with E-state index in [1.165, 1.54) is 0 Å². The maximum atomic E-state index is 9.05. The van der Waals surface area contributed by atoms with Crippen molar-refractivity contribution in [1.82, 2.24) is 24.5 Å². The van der Waals surface area contributed by atoms with Crippen LogP contribution in [0, 0.1) is 0 Å². The summed E-state index contributed by atoms with van der Waals surface area (Å²) in [6, 6.07) is -0.122. The van der Waals surface area contributed by atoms with Crippen LogP contribution in [0.3, 0.4) is 0 Å². The molecule has 114 valence electrons. The predicted molar refractivity (Wildman–Crippen MR) is 75.7 cm³/mol. The highest BCUT2D eigenvalue weighted by Crippen LogP contribution is 2.10. The van der Waals surface area contributed by atoms with Gasteiger partial charge in [0.15, 0.2) is 0 Å². The zero-order valence-electron chi connectivity index (χ0n) is 11.6. The third-order valence-electron chi connectivity index (χ3n) is 2.67. The number of hydrogen-bond donors (Lipinski definition) is 4. The van der Waals surface area contributed by atoms with Crippen LogP contribution < -0.4 is 16.6 Å². The Labute approximate surface area is 121 Å². The summed E-state index contributed by atoms with van der Waals surface area (Å²) < 4.78 is 6.72. The molecule has 2 aromatic rings. The molecule has 0 saturated carbocycles. The highest BCUT2D eigenvalue weighted by atomic mass is 16.5. The average Bonchev–Trinajstić information content (AvgIpc) is 3.01. The number of anilines is 2. The quantitative estimate of drug-likeness (QED) is 0.362. The van der Waals surface area contributed by atoms with E-state index in [1.807, 2.05) is 0 Å². The van der Waals surface area contributed by atoms with Crippen LogP contribution in [0.25, 0.3) is 5.95 Å². The van der Waals surface area contributed by atoms with Crippen molar-refractivity contribution in [1.29, 1.82) is 0 Å². The van der Waals surface area contributed by atoms with E-state index in [-0.39, 0.29) is 18.6 Å². The molecule has 1 unspecified atom stereocenters. The Balaban J connectivity index is 2.23. The molecule has 0 radical (unpaired) electrons. The van der Waals surface area contributed by atoms with E-state index in [9.17, 15) is 0 Å². The van der Waals surface area contributed by atoms with Crippen LogP contribution in [-0.2, 0) is 4.74 Å². The van der Waals surface area contributed by atoms with E-state index >= 15 is 0 Å². The van der Waals surface area contributed by atoms with Crippen molar-refractivity contribution in [3.8, 4) is 5.95 Å². The van der Waals surface area contributed by atoms with E-state index in [2.05, 4.69) is 30.7 Å². The van der Waals surface area contributed by atoms with Crippen LogP contribution >= 0.6 is 0 Å². The van der Waals surface area contributed by atoms with Gasteiger partial charge in [-0.25, -0.2) is 10.8 Å². The number of imidazole rings is 1. The summed E-state index contributed by atoms with van der Waals surface area (Å²) in [6.45, 7) is 0.445. The number of nitrogen functional groups attached to an aromatic ring is 1. The van der Waals surface area contributed by atoms with Crippen LogP contribution in [-0.4, -0.2) is 56.0 Å². The van der Waals surface area contributed by atoms with Gasteiger partial charge in [-0.1, -0.05) is 0 Å². The van der Waals surface area contributed by atoms with Crippen molar-refractivity contribution < 1.29 is 9.84 Å². The molecule has 10 heteroatoms. The van der Waals surface area contributed by atoms with Crippen LogP contribution in [0.2, 0.25) is 0 Å². The van der Waals surface area contributed by atoms with Crippen LogP contribution in [0.5, 0.6) is 0 Å². The molecule has 21 heavy (non-hydrogen) atoms. The van der Waals surface area contributed by atoms with E-state index in [1.54, 1.807) is 30.4 Å².